The molecule has 2 atom stereocenters. The molecule has 0 saturated carbocycles. The number of nitrogens with one attached hydrogen (secondary N) is 1. The van der Waals surface area contributed by atoms with E-state index >= 15 is 0 Å². The largest absolute Gasteiger partial charge is 0.313 e. The lowest BCUT2D eigenvalue weighted by molar-refractivity contribution is 0.419. The highest BCUT2D eigenvalue weighted by molar-refractivity contribution is 5.23. The highest BCUT2D eigenvalue weighted by Crippen LogP contribution is 2.25. The summed E-state index contributed by atoms with van der Waals surface area (Å²) in [5.74, 6) is 0.568. The zero-order chi connectivity index (χ0) is 14.9. The number of hydrogen-bond acceptors (Lipinski definition) is 1. The van der Waals surface area contributed by atoms with E-state index in [0.29, 0.717) is 12.0 Å². The van der Waals surface area contributed by atoms with E-state index < -0.39 is 0 Å². The molecule has 0 heterocycles. The average Bonchev–Trinajstić information content (AvgIpc) is 2.55. The van der Waals surface area contributed by atoms with Gasteiger partial charge in [-0.15, -0.1) is 0 Å². The van der Waals surface area contributed by atoms with Gasteiger partial charge in [-0.2, -0.15) is 0 Å². The van der Waals surface area contributed by atoms with Crippen LogP contribution in [0.2, 0.25) is 0 Å². The first-order valence-electron chi connectivity index (χ1n) is 8.17. The summed E-state index contributed by atoms with van der Waals surface area (Å²) in [5, 5.41) is 3.77. The Balaban J connectivity index is 2.17. The molecule has 1 N–H and O–H groups in total. The van der Waals surface area contributed by atoms with Crippen molar-refractivity contribution < 1.29 is 0 Å². The molecular weight excluding hydrogens is 254 g/mol. The highest BCUT2D eigenvalue weighted by atomic mass is 14.9. The molecule has 2 rings (SSSR count). The van der Waals surface area contributed by atoms with Crippen molar-refractivity contribution in [3.05, 3.63) is 71.8 Å². The molecule has 112 valence electrons. The van der Waals surface area contributed by atoms with Gasteiger partial charge in [-0.1, -0.05) is 74.5 Å². The van der Waals surface area contributed by atoms with Gasteiger partial charge >= 0.3 is 0 Å². The van der Waals surface area contributed by atoms with Gasteiger partial charge in [-0.25, -0.2) is 0 Å². The second kappa shape index (κ2) is 8.63. The van der Waals surface area contributed by atoms with Gasteiger partial charge in [0.25, 0.3) is 0 Å². The van der Waals surface area contributed by atoms with Crippen molar-refractivity contribution in [2.24, 2.45) is 0 Å². The van der Waals surface area contributed by atoms with Crippen molar-refractivity contribution in [2.45, 2.75) is 45.1 Å². The van der Waals surface area contributed by atoms with Gasteiger partial charge < -0.3 is 5.32 Å². The van der Waals surface area contributed by atoms with E-state index in [1.165, 1.54) is 17.5 Å². The lowest BCUT2D eigenvalue weighted by Crippen LogP contribution is -2.37. The molecule has 0 aliphatic heterocycles. The Labute approximate surface area is 129 Å². The molecule has 0 amide bonds. The standard InChI is InChI=1S/C20H27N/c1-3-15-21-20(16-17-11-7-5-8-12-17)19(4-2)18-13-9-6-10-14-18/h5-14,19-21H,3-4,15-16H2,1-2H3. The van der Waals surface area contributed by atoms with Gasteiger partial charge in [0.2, 0.25) is 0 Å². The zero-order valence-electron chi connectivity index (χ0n) is 13.3. The summed E-state index contributed by atoms with van der Waals surface area (Å²) in [4.78, 5) is 0. The fraction of sp³-hybridized carbons (Fsp3) is 0.400. The lowest BCUT2D eigenvalue weighted by Gasteiger charge is -2.28. The van der Waals surface area contributed by atoms with Crippen molar-refractivity contribution in [2.75, 3.05) is 6.54 Å². The Morgan fingerprint density at radius 1 is 0.857 bits per heavy atom. The summed E-state index contributed by atoms with van der Waals surface area (Å²) in [6.07, 6.45) is 3.43. The van der Waals surface area contributed by atoms with Gasteiger partial charge in [0.15, 0.2) is 0 Å². The van der Waals surface area contributed by atoms with E-state index in [9.17, 15) is 0 Å². The molecular formula is C20H27N. The molecule has 0 saturated heterocycles. The van der Waals surface area contributed by atoms with Crippen LogP contribution < -0.4 is 5.32 Å². The number of benzene rings is 2. The van der Waals surface area contributed by atoms with E-state index in [0.717, 1.165) is 19.4 Å². The summed E-state index contributed by atoms with van der Waals surface area (Å²) in [7, 11) is 0. The molecule has 21 heavy (non-hydrogen) atoms. The summed E-state index contributed by atoms with van der Waals surface area (Å²) >= 11 is 0. The predicted octanol–water partition coefficient (Wildman–Crippen LogP) is 4.79. The van der Waals surface area contributed by atoms with Gasteiger partial charge in [-0.05, 0) is 42.9 Å². The van der Waals surface area contributed by atoms with Crippen molar-refractivity contribution in [1.29, 1.82) is 0 Å². The molecule has 2 aromatic carbocycles. The van der Waals surface area contributed by atoms with Crippen LogP contribution in [-0.4, -0.2) is 12.6 Å². The van der Waals surface area contributed by atoms with Crippen molar-refractivity contribution >= 4 is 0 Å². The molecule has 0 aliphatic carbocycles. The Kier molecular flexibility index (Phi) is 6.49. The predicted molar refractivity (Wildman–Crippen MR) is 91.7 cm³/mol. The van der Waals surface area contributed by atoms with Crippen LogP contribution in [0.1, 0.15) is 43.7 Å². The van der Waals surface area contributed by atoms with Crippen molar-refractivity contribution in [3.8, 4) is 0 Å². The number of rotatable bonds is 8. The Morgan fingerprint density at radius 3 is 2.05 bits per heavy atom. The fourth-order valence-corrected chi connectivity index (χ4v) is 3.01. The molecule has 0 radical (unpaired) electrons. The topological polar surface area (TPSA) is 12.0 Å². The van der Waals surface area contributed by atoms with E-state index in [4.69, 9.17) is 0 Å². The minimum Gasteiger partial charge on any atom is -0.313 e. The minimum atomic E-state index is 0.500. The van der Waals surface area contributed by atoms with Gasteiger partial charge in [0, 0.05) is 6.04 Å². The maximum Gasteiger partial charge on any atom is 0.0176 e. The van der Waals surface area contributed by atoms with E-state index in [2.05, 4.69) is 79.8 Å². The van der Waals surface area contributed by atoms with Gasteiger partial charge in [0.1, 0.15) is 0 Å². The maximum absolute atomic E-state index is 3.77. The van der Waals surface area contributed by atoms with E-state index in [-0.39, 0.29) is 0 Å². The monoisotopic (exact) mass is 281 g/mol. The van der Waals surface area contributed by atoms with Crippen LogP contribution in [0.15, 0.2) is 60.7 Å². The molecule has 0 bridgehead atoms. The van der Waals surface area contributed by atoms with Crippen LogP contribution in [0.3, 0.4) is 0 Å². The van der Waals surface area contributed by atoms with Crippen molar-refractivity contribution in [3.63, 3.8) is 0 Å². The van der Waals surface area contributed by atoms with Crippen molar-refractivity contribution in [1.82, 2.24) is 5.32 Å². The fourth-order valence-electron chi connectivity index (χ4n) is 3.01. The summed E-state index contributed by atoms with van der Waals surface area (Å²) in [5.41, 5.74) is 2.87. The highest BCUT2D eigenvalue weighted by Gasteiger charge is 2.21. The van der Waals surface area contributed by atoms with Crippen LogP contribution in [-0.2, 0) is 6.42 Å². The third kappa shape index (κ3) is 4.71. The number of hydrogen-bond donors (Lipinski definition) is 1. The van der Waals surface area contributed by atoms with Crippen LogP contribution in [0, 0.1) is 0 Å². The molecule has 1 nitrogen and oxygen atoms in total. The van der Waals surface area contributed by atoms with Crippen LogP contribution >= 0.6 is 0 Å². The molecule has 2 aromatic rings. The Bertz CT molecular complexity index is 492. The normalized spacial score (nSPS) is 13.8. The molecule has 2 unspecified atom stereocenters. The maximum atomic E-state index is 3.77. The summed E-state index contributed by atoms with van der Waals surface area (Å²) in [6.45, 7) is 5.61. The third-order valence-corrected chi connectivity index (χ3v) is 4.11. The average molecular weight is 281 g/mol. The van der Waals surface area contributed by atoms with E-state index in [1.807, 2.05) is 0 Å². The Morgan fingerprint density at radius 2 is 1.48 bits per heavy atom. The lowest BCUT2D eigenvalue weighted by atomic mass is 9.85. The van der Waals surface area contributed by atoms with Crippen LogP contribution in [0.4, 0.5) is 0 Å². The second-order valence-corrected chi connectivity index (χ2v) is 5.68. The molecule has 1 heteroatoms. The molecule has 0 aromatic heterocycles. The zero-order valence-corrected chi connectivity index (χ0v) is 13.3. The van der Waals surface area contributed by atoms with Gasteiger partial charge in [0.05, 0.1) is 0 Å². The third-order valence-electron chi connectivity index (χ3n) is 4.11. The first-order chi connectivity index (χ1) is 10.3. The smallest absolute Gasteiger partial charge is 0.0176 e. The molecule has 0 spiro atoms. The van der Waals surface area contributed by atoms with Crippen LogP contribution in [0.5, 0.6) is 0 Å². The minimum absolute atomic E-state index is 0.500. The van der Waals surface area contributed by atoms with E-state index in [1.54, 1.807) is 0 Å². The van der Waals surface area contributed by atoms with Crippen LogP contribution in [0.25, 0.3) is 0 Å². The Hall–Kier alpha value is -1.60. The quantitative estimate of drug-likeness (QED) is 0.733. The van der Waals surface area contributed by atoms with Gasteiger partial charge in [-0.3, -0.25) is 0 Å². The first-order valence-corrected chi connectivity index (χ1v) is 8.17. The SMILES string of the molecule is CCCNC(Cc1ccccc1)C(CC)c1ccccc1. The second-order valence-electron chi connectivity index (χ2n) is 5.68. The summed E-state index contributed by atoms with van der Waals surface area (Å²) < 4.78 is 0. The molecule has 0 fully saturated rings. The molecule has 0 aliphatic rings. The summed E-state index contributed by atoms with van der Waals surface area (Å²) in [6, 6.07) is 22.3. The first kappa shape index (κ1) is 15.8.